The van der Waals surface area contributed by atoms with Crippen LogP contribution in [0.1, 0.15) is 41.3 Å². The molecule has 1 N–H and O–H groups in total. The summed E-state index contributed by atoms with van der Waals surface area (Å²) in [6.07, 6.45) is 3.59. The molecule has 0 bridgehead atoms. The second-order valence-corrected chi connectivity index (χ2v) is 8.99. The fourth-order valence-electron chi connectivity index (χ4n) is 4.56. The lowest BCUT2D eigenvalue weighted by molar-refractivity contribution is 0.0694. The Morgan fingerprint density at radius 1 is 1.09 bits per heavy atom. The van der Waals surface area contributed by atoms with Crippen molar-refractivity contribution in [2.75, 3.05) is 13.1 Å². The summed E-state index contributed by atoms with van der Waals surface area (Å²) < 4.78 is 3.21. The van der Waals surface area contributed by atoms with Gasteiger partial charge in [0.05, 0.1) is 17.5 Å². The third-order valence-electron chi connectivity index (χ3n) is 6.62. The molecule has 0 spiro atoms. The number of piperidine rings is 1. The van der Waals surface area contributed by atoms with Crippen LogP contribution < -0.4 is 11.0 Å². The largest absolute Gasteiger partial charge is 0.339 e. The van der Waals surface area contributed by atoms with Crippen LogP contribution >= 0.6 is 0 Å². The first-order chi connectivity index (χ1) is 15.9. The molecule has 1 fully saturated rings. The third-order valence-corrected chi connectivity index (χ3v) is 6.62. The summed E-state index contributed by atoms with van der Waals surface area (Å²) in [5.41, 5.74) is 2.92. The van der Waals surface area contributed by atoms with Crippen LogP contribution in [-0.4, -0.2) is 37.8 Å². The van der Waals surface area contributed by atoms with E-state index in [-0.39, 0.29) is 22.5 Å². The first-order valence-electron chi connectivity index (χ1n) is 11.4. The number of nitrogens with zero attached hydrogens (tertiary/aromatic N) is 4. The Hall–Kier alpha value is -3.74. The second kappa shape index (κ2) is 8.31. The van der Waals surface area contributed by atoms with Gasteiger partial charge in [0, 0.05) is 19.3 Å². The van der Waals surface area contributed by atoms with Crippen molar-refractivity contribution >= 4 is 22.6 Å². The number of nitrogens with one attached hydrogen (secondary N) is 1. The number of fused-ring (bicyclic) bond motifs is 2. The van der Waals surface area contributed by atoms with Crippen molar-refractivity contribution in [2.45, 2.75) is 33.2 Å². The molecule has 4 aromatic rings. The van der Waals surface area contributed by atoms with Gasteiger partial charge in [-0.2, -0.15) is 0 Å². The fraction of sp³-hybridized carbons (Fsp3) is 0.308. The SMILES string of the molecule is Cc1cccn2c(=O)c3cc(C(=O)N4CCC(C)CC4)c(=N)n(Cc4ccccc4)c3nc12. The number of aryl methyl sites for hydroxylation is 1. The molecule has 1 saturated heterocycles. The van der Waals surface area contributed by atoms with Crippen molar-refractivity contribution in [3.8, 4) is 0 Å². The normalized spacial score (nSPS) is 14.8. The summed E-state index contributed by atoms with van der Waals surface area (Å²) >= 11 is 0. The molecule has 0 radical (unpaired) electrons. The number of aromatic nitrogens is 3. The first-order valence-corrected chi connectivity index (χ1v) is 11.4. The predicted octanol–water partition coefficient (Wildman–Crippen LogP) is 3.36. The quantitative estimate of drug-likeness (QED) is 0.495. The van der Waals surface area contributed by atoms with E-state index in [0.717, 1.165) is 24.0 Å². The number of rotatable bonds is 3. The highest BCUT2D eigenvalue weighted by Crippen LogP contribution is 2.19. The van der Waals surface area contributed by atoms with Gasteiger partial charge in [-0.25, -0.2) is 4.98 Å². The number of amides is 1. The molecular weight excluding hydrogens is 414 g/mol. The van der Waals surface area contributed by atoms with Gasteiger partial charge in [0.2, 0.25) is 0 Å². The molecule has 5 rings (SSSR count). The highest BCUT2D eigenvalue weighted by Gasteiger charge is 2.25. The Morgan fingerprint density at radius 2 is 1.82 bits per heavy atom. The Kier molecular flexibility index (Phi) is 5.32. The van der Waals surface area contributed by atoms with Crippen LogP contribution in [0, 0.1) is 18.3 Å². The smallest absolute Gasteiger partial charge is 0.267 e. The Morgan fingerprint density at radius 3 is 2.55 bits per heavy atom. The summed E-state index contributed by atoms with van der Waals surface area (Å²) in [6.45, 7) is 5.80. The van der Waals surface area contributed by atoms with Crippen molar-refractivity contribution in [3.63, 3.8) is 0 Å². The van der Waals surface area contributed by atoms with Crippen LogP contribution in [0.2, 0.25) is 0 Å². The molecule has 1 aromatic carbocycles. The van der Waals surface area contributed by atoms with E-state index in [2.05, 4.69) is 6.92 Å². The summed E-state index contributed by atoms with van der Waals surface area (Å²) in [6, 6.07) is 15.0. The summed E-state index contributed by atoms with van der Waals surface area (Å²) in [5, 5.41) is 9.31. The summed E-state index contributed by atoms with van der Waals surface area (Å²) in [4.78, 5) is 33.5. The van der Waals surface area contributed by atoms with Crippen LogP contribution in [0.3, 0.4) is 0 Å². The molecule has 0 saturated carbocycles. The lowest BCUT2D eigenvalue weighted by atomic mass is 9.98. The van der Waals surface area contributed by atoms with Crippen molar-refractivity contribution in [1.29, 1.82) is 5.41 Å². The van der Waals surface area contributed by atoms with Gasteiger partial charge in [-0.05, 0) is 48.9 Å². The fourth-order valence-corrected chi connectivity index (χ4v) is 4.56. The van der Waals surface area contributed by atoms with E-state index in [1.807, 2.05) is 54.3 Å². The van der Waals surface area contributed by atoms with E-state index in [0.29, 0.717) is 42.2 Å². The highest BCUT2D eigenvalue weighted by molar-refractivity contribution is 5.97. The van der Waals surface area contributed by atoms with Crippen LogP contribution in [-0.2, 0) is 6.54 Å². The average molecular weight is 442 g/mol. The molecule has 1 aliphatic heterocycles. The van der Waals surface area contributed by atoms with Gasteiger partial charge in [-0.15, -0.1) is 0 Å². The predicted molar refractivity (Wildman–Crippen MR) is 127 cm³/mol. The molecule has 7 nitrogen and oxygen atoms in total. The van der Waals surface area contributed by atoms with E-state index in [9.17, 15) is 9.59 Å². The van der Waals surface area contributed by atoms with Gasteiger partial charge >= 0.3 is 0 Å². The molecule has 3 aromatic heterocycles. The van der Waals surface area contributed by atoms with E-state index in [1.165, 1.54) is 4.40 Å². The topological polar surface area (TPSA) is 83.5 Å². The molecule has 0 atom stereocenters. The maximum Gasteiger partial charge on any atom is 0.267 e. The van der Waals surface area contributed by atoms with Crippen molar-refractivity contribution in [1.82, 2.24) is 18.9 Å². The second-order valence-electron chi connectivity index (χ2n) is 8.99. The minimum absolute atomic E-state index is 0.0832. The average Bonchev–Trinajstić information content (AvgIpc) is 2.82. The number of carbonyl (C=O) groups excluding carboxylic acids is 1. The van der Waals surface area contributed by atoms with Gasteiger partial charge in [-0.3, -0.25) is 19.4 Å². The van der Waals surface area contributed by atoms with Crippen molar-refractivity contribution in [3.05, 3.63) is 87.3 Å². The number of hydrogen-bond donors (Lipinski definition) is 1. The van der Waals surface area contributed by atoms with E-state index < -0.39 is 0 Å². The standard InChI is InChI=1S/C26H27N5O2/c1-17-10-13-29(14-11-17)25(32)20-15-21-24(28-23-18(2)7-6-12-30(23)26(21)33)31(22(20)27)16-19-8-4-3-5-9-19/h3-9,12,15,17,27H,10-11,13-14,16H2,1-2H3. The van der Waals surface area contributed by atoms with Crippen LogP contribution in [0.25, 0.3) is 16.7 Å². The molecule has 1 aliphatic rings. The summed E-state index contributed by atoms with van der Waals surface area (Å²) in [7, 11) is 0. The summed E-state index contributed by atoms with van der Waals surface area (Å²) in [5.74, 6) is 0.400. The number of likely N-dealkylation sites (tertiary alicyclic amines) is 1. The Balaban J connectivity index is 1.76. The van der Waals surface area contributed by atoms with Gasteiger partial charge in [0.25, 0.3) is 11.5 Å². The van der Waals surface area contributed by atoms with Gasteiger partial charge < -0.3 is 9.47 Å². The maximum absolute atomic E-state index is 13.5. The molecule has 0 aliphatic carbocycles. The minimum Gasteiger partial charge on any atom is -0.339 e. The zero-order valence-electron chi connectivity index (χ0n) is 18.9. The van der Waals surface area contributed by atoms with Crippen molar-refractivity contribution < 1.29 is 4.79 Å². The van der Waals surface area contributed by atoms with E-state index in [1.54, 1.807) is 16.8 Å². The van der Waals surface area contributed by atoms with Gasteiger partial charge in [-0.1, -0.05) is 43.3 Å². The lowest BCUT2D eigenvalue weighted by Gasteiger charge is -2.30. The molecule has 1 amide bonds. The molecular formula is C26H27N5O2. The monoisotopic (exact) mass is 441 g/mol. The third kappa shape index (κ3) is 3.73. The molecule has 7 heteroatoms. The zero-order chi connectivity index (χ0) is 23.1. The van der Waals surface area contributed by atoms with Gasteiger partial charge in [0.1, 0.15) is 16.8 Å². The Labute approximate surface area is 191 Å². The number of hydrogen-bond acceptors (Lipinski definition) is 4. The number of benzene rings is 1. The lowest BCUT2D eigenvalue weighted by Crippen LogP contribution is -2.41. The van der Waals surface area contributed by atoms with Crippen LogP contribution in [0.15, 0.2) is 59.5 Å². The van der Waals surface area contributed by atoms with E-state index >= 15 is 0 Å². The molecule has 168 valence electrons. The number of pyridine rings is 2. The van der Waals surface area contributed by atoms with Crippen LogP contribution in [0.4, 0.5) is 0 Å². The van der Waals surface area contributed by atoms with E-state index in [4.69, 9.17) is 10.4 Å². The highest BCUT2D eigenvalue weighted by atomic mass is 16.2. The molecule has 0 unspecified atom stereocenters. The van der Waals surface area contributed by atoms with Crippen molar-refractivity contribution in [2.24, 2.45) is 5.92 Å². The minimum atomic E-state index is -0.234. The zero-order valence-corrected chi connectivity index (χ0v) is 18.9. The maximum atomic E-state index is 13.5. The van der Waals surface area contributed by atoms with Crippen LogP contribution in [0.5, 0.6) is 0 Å². The van der Waals surface area contributed by atoms with Gasteiger partial charge in [0.15, 0.2) is 0 Å². The number of carbonyl (C=O) groups is 1. The molecule has 4 heterocycles. The Bertz CT molecular complexity index is 1480. The molecule has 33 heavy (non-hydrogen) atoms. The first kappa shape index (κ1) is 21.1.